The molecule has 0 aliphatic rings. The molecule has 0 radical (unpaired) electrons. The predicted octanol–water partition coefficient (Wildman–Crippen LogP) is 4.88. The molecule has 1 heterocycles. The Balaban J connectivity index is 2.59. The van der Waals surface area contributed by atoms with Crippen LogP contribution >= 0.6 is 38.9 Å². The minimum absolute atomic E-state index is 0.0773. The van der Waals surface area contributed by atoms with Crippen molar-refractivity contribution >= 4 is 44.8 Å². The maximum absolute atomic E-state index is 11.3. The van der Waals surface area contributed by atoms with Gasteiger partial charge in [0.15, 0.2) is 5.69 Å². The molecule has 0 atom stereocenters. The summed E-state index contributed by atoms with van der Waals surface area (Å²) < 4.78 is 0.855. The number of carboxylic acid groups (broad SMARTS) is 1. The van der Waals surface area contributed by atoms with Crippen molar-refractivity contribution < 1.29 is 9.90 Å². The Morgan fingerprint density at radius 2 is 2.26 bits per heavy atom. The molecule has 0 saturated carbocycles. The van der Waals surface area contributed by atoms with E-state index >= 15 is 0 Å². The Kier molecular flexibility index (Phi) is 4.60. The quantitative estimate of drug-likeness (QED) is 0.845. The summed E-state index contributed by atoms with van der Waals surface area (Å²) in [6.07, 6.45) is 1.70. The van der Waals surface area contributed by atoms with Gasteiger partial charge >= 0.3 is 5.97 Å². The normalized spacial score (nSPS) is 10.7. The highest BCUT2D eigenvalue weighted by molar-refractivity contribution is 9.10. The number of benzene rings is 1. The average Bonchev–Trinajstić information content (AvgIpc) is 2.77. The molecule has 1 N–H and O–H groups in total. The Hall–Kier alpha value is -0.910. The predicted molar refractivity (Wildman–Crippen MR) is 81.2 cm³/mol. The molecule has 1 aromatic heterocycles. The van der Waals surface area contributed by atoms with Crippen LogP contribution in [0.15, 0.2) is 22.7 Å². The third-order valence-corrected chi connectivity index (χ3v) is 4.48. The van der Waals surface area contributed by atoms with E-state index in [1.54, 1.807) is 6.07 Å². The van der Waals surface area contributed by atoms with Gasteiger partial charge < -0.3 is 5.11 Å². The van der Waals surface area contributed by atoms with Gasteiger partial charge in [-0.25, -0.2) is 9.78 Å². The summed E-state index contributed by atoms with van der Waals surface area (Å²) in [4.78, 5) is 16.1. The van der Waals surface area contributed by atoms with Gasteiger partial charge in [-0.15, -0.1) is 11.3 Å². The first-order valence-corrected chi connectivity index (χ1v) is 7.70. The Labute approximate surface area is 128 Å². The molecule has 0 aliphatic carbocycles. The summed E-state index contributed by atoms with van der Waals surface area (Å²) in [5, 5.41) is 10.6. The van der Waals surface area contributed by atoms with E-state index in [0.29, 0.717) is 15.5 Å². The first kappa shape index (κ1) is 14.5. The van der Waals surface area contributed by atoms with Crippen LogP contribution in [-0.2, 0) is 6.42 Å². The van der Waals surface area contributed by atoms with Gasteiger partial charge in [0.25, 0.3) is 0 Å². The third-order valence-electron chi connectivity index (χ3n) is 2.51. The van der Waals surface area contributed by atoms with Crippen LogP contribution < -0.4 is 0 Å². The van der Waals surface area contributed by atoms with Gasteiger partial charge in [-0.2, -0.15) is 0 Å². The van der Waals surface area contributed by atoms with Crippen LogP contribution in [0.3, 0.4) is 0 Å². The van der Waals surface area contributed by atoms with Gasteiger partial charge in [0.2, 0.25) is 0 Å². The molecular formula is C13H11BrClNO2S. The minimum atomic E-state index is -1.02. The van der Waals surface area contributed by atoms with Crippen molar-refractivity contribution in [1.29, 1.82) is 0 Å². The van der Waals surface area contributed by atoms with Crippen LogP contribution in [0.5, 0.6) is 0 Å². The topological polar surface area (TPSA) is 50.2 Å². The Bertz CT molecular complexity index is 627. The first-order chi connectivity index (χ1) is 9.02. The molecule has 0 amide bonds. The number of carboxylic acids is 1. The maximum atomic E-state index is 11.3. The smallest absolute Gasteiger partial charge is 0.356 e. The number of hydrogen-bond acceptors (Lipinski definition) is 3. The second-order valence-electron chi connectivity index (χ2n) is 3.96. The lowest BCUT2D eigenvalue weighted by atomic mass is 10.1. The van der Waals surface area contributed by atoms with Crippen molar-refractivity contribution in [3.05, 3.63) is 38.4 Å². The van der Waals surface area contributed by atoms with Crippen molar-refractivity contribution in [2.24, 2.45) is 0 Å². The molecule has 0 aliphatic heterocycles. The summed E-state index contributed by atoms with van der Waals surface area (Å²) in [7, 11) is 0. The van der Waals surface area contributed by atoms with Crippen LogP contribution in [-0.4, -0.2) is 16.1 Å². The van der Waals surface area contributed by atoms with E-state index in [2.05, 4.69) is 20.9 Å². The highest BCUT2D eigenvalue weighted by atomic mass is 79.9. The van der Waals surface area contributed by atoms with Gasteiger partial charge in [-0.05, 0) is 31.0 Å². The molecule has 0 saturated heterocycles. The van der Waals surface area contributed by atoms with Crippen molar-refractivity contribution in [1.82, 2.24) is 4.98 Å². The van der Waals surface area contributed by atoms with Crippen LogP contribution in [0.1, 0.15) is 28.8 Å². The molecule has 0 bridgehead atoms. The van der Waals surface area contributed by atoms with Crippen molar-refractivity contribution in [2.75, 3.05) is 0 Å². The van der Waals surface area contributed by atoms with Gasteiger partial charge in [0.1, 0.15) is 0 Å². The number of aryl methyl sites for hydroxylation is 1. The van der Waals surface area contributed by atoms with Crippen molar-refractivity contribution in [2.45, 2.75) is 19.8 Å². The minimum Gasteiger partial charge on any atom is -0.476 e. The number of aromatic carboxylic acids is 1. The standard InChI is InChI=1S/C13H11BrClNO2S/c1-2-3-10-16-11(13(17)18)12(19-10)8-6-7(14)4-5-9(8)15/h4-6H,2-3H2,1H3,(H,17,18). The monoisotopic (exact) mass is 359 g/mol. The second-order valence-corrected chi connectivity index (χ2v) is 6.37. The molecule has 0 spiro atoms. The number of rotatable bonds is 4. The number of halogens is 2. The lowest BCUT2D eigenvalue weighted by Gasteiger charge is -2.03. The first-order valence-electron chi connectivity index (χ1n) is 5.71. The van der Waals surface area contributed by atoms with Crippen LogP contribution in [0.25, 0.3) is 10.4 Å². The molecule has 0 unspecified atom stereocenters. The highest BCUT2D eigenvalue weighted by Gasteiger charge is 2.20. The summed E-state index contributed by atoms with van der Waals surface area (Å²) in [6.45, 7) is 2.04. The zero-order chi connectivity index (χ0) is 14.0. The summed E-state index contributed by atoms with van der Waals surface area (Å²) in [6, 6.07) is 5.38. The van der Waals surface area contributed by atoms with E-state index in [9.17, 15) is 9.90 Å². The van der Waals surface area contributed by atoms with Crippen LogP contribution in [0.4, 0.5) is 0 Å². The lowest BCUT2D eigenvalue weighted by molar-refractivity contribution is 0.0692. The number of carbonyl (C=O) groups is 1. The largest absolute Gasteiger partial charge is 0.476 e. The lowest BCUT2D eigenvalue weighted by Crippen LogP contribution is -1.99. The van der Waals surface area contributed by atoms with E-state index in [4.69, 9.17) is 11.6 Å². The van der Waals surface area contributed by atoms with Gasteiger partial charge in [0, 0.05) is 15.1 Å². The van der Waals surface area contributed by atoms with E-state index in [1.165, 1.54) is 11.3 Å². The van der Waals surface area contributed by atoms with Crippen molar-refractivity contribution in [3.8, 4) is 10.4 Å². The third kappa shape index (κ3) is 3.16. The fourth-order valence-electron chi connectivity index (χ4n) is 1.68. The van der Waals surface area contributed by atoms with E-state index in [1.807, 2.05) is 19.1 Å². The Morgan fingerprint density at radius 1 is 1.53 bits per heavy atom. The molecule has 1 aromatic carbocycles. The average molecular weight is 361 g/mol. The van der Waals surface area contributed by atoms with Crippen molar-refractivity contribution in [3.63, 3.8) is 0 Å². The van der Waals surface area contributed by atoms with E-state index < -0.39 is 5.97 Å². The molecule has 19 heavy (non-hydrogen) atoms. The van der Waals surface area contributed by atoms with Gasteiger partial charge in [-0.3, -0.25) is 0 Å². The summed E-state index contributed by atoms with van der Waals surface area (Å²) in [5.41, 5.74) is 0.779. The summed E-state index contributed by atoms with van der Waals surface area (Å²) in [5.74, 6) is -1.02. The molecule has 0 fully saturated rings. The van der Waals surface area contributed by atoms with Crippen LogP contribution in [0.2, 0.25) is 5.02 Å². The molecule has 6 heteroatoms. The van der Waals surface area contributed by atoms with E-state index in [0.717, 1.165) is 22.3 Å². The molecule has 100 valence electrons. The van der Waals surface area contributed by atoms with Gasteiger partial charge in [-0.1, -0.05) is 34.5 Å². The number of hydrogen-bond donors (Lipinski definition) is 1. The fourth-order valence-corrected chi connectivity index (χ4v) is 3.50. The zero-order valence-corrected chi connectivity index (χ0v) is 13.3. The zero-order valence-electron chi connectivity index (χ0n) is 10.1. The molecular weight excluding hydrogens is 350 g/mol. The van der Waals surface area contributed by atoms with Crippen LogP contribution in [0, 0.1) is 0 Å². The molecule has 2 rings (SSSR count). The number of thiazole rings is 1. The van der Waals surface area contributed by atoms with Gasteiger partial charge in [0.05, 0.1) is 9.88 Å². The molecule has 3 nitrogen and oxygen atoms in total. The highest BCUT2D eigenvalue weighted by Crippen LogP contribution is 2.37. The second kappa shape index (κ2) is 6.03. The Morgan fingerprint density at radius 3 is 2.89 bits per heavy atom. The SMILES string of the molecule is CCCc1nc(C(=O)O)c(-c2cc(Br)ccc2Cl)s1. The molecule has 2 aromatic rings. The number of nitrogens with zero attached hydrogens (tertiary/aromatic N) is 1. The maximum Gasteiger partial charge on any atom is 0.356 e. The van der Waals surface area contributed by atoms with E-state index in [-0.39, 0.29) is 5.69 Å². The number of aromatic nitrogens is 1. The fraction of sp³-hybridized carbons (Fsp3) is 0.231. The summed E-state index contributed by atoms with van der Waals surface area (Å²) >= 11 is 10.9.